The van der Waals surface area contributed by atoms with Gasteiger partial charge in [-0.25, -0.2) is 4.39 Å². The molecule has 1 aromatic carbocycles. The fraction of sp³-hybridized carbons (Fsp3) is 0.533. The van der Waals surface area contributed by atoms with E-state index in [9.17, 15) is 9.18 Å². The molecule has 0 aliphatic heterocycles. The van der Waals surface area contributed by atoms with Crippen molar-refractivity contribution in [3.8, 4) is 0 Å². The fourth-order valence-electron chi connectivity index (χ4n) is 1.85. The van der Waals surface area contributed by atoms with Crippen LogP contribution in [0.1, 0.15) is 19.4 Å². The molecule has 0 aliphatic rings. The number of nitrogens with one attached hydrogen (secondary N) is 2. The predicted molar refractivity (Wildman–Crippen MR) is 80.3 cm³/mol. The van der Waals surface area contributed by atoms with Crippen molar-refractivity contribution in [3.63, 3.8) is 0 Å². The normalized spacial score (nSPS) is 10.7. The lowest BCUT2D eigenvalue weighted by Gasteiger charge is -2.20. The van der Waals surface area contributed by atoms with Gasteiger partial charge in [0.05, 0.1) is 12.2 Å². The van der Waals surface area contributed by atoms with Gasteiger partial charge in [0.2, 0.25) is 5.91 Å². The Balaban J connectivity index is 2.63. The number of nitrogens with zero attached hydrogens (tertiary/aromatic N) is 1. The zero-order valence-electron chi connectivity index (χ0n) is 12.7. The molecule has 0 aromatic heterocycles. The maximum Gasteiger partial charge on any atom is 0.239 e. The van der Waals surface area contributed by atoms with E-state index in [1.54, 1.807) is 18.0 Å². The van der Waals surface area contributed by atoms with E-state index in [4.69, 9.17) is 0 Å². The van der Waals surface area contributed by atoms with Crippen LogP contribution in [0.15, 0.2) is 18.2 Å². The quantitative estimate of drug-likeness (QED) is 0.800. The van der Waals surface area contributed by atoms with Gasteiger partial charge < -0.3 is 15.5 Å². The summed E-state index contributed by atoms with van der Waals surface area (Å²) >= 11 is 0. The minimum Gasteiger partial charge on any atom is -0.363 e. The summed E-state index contributed by atoms with van der Waals surface area (Å²) in [5.41, 5.74) is 1.32. The summed E-state index contributed by atoms with van der Waals surface area (Å²) in [7, 11) is 3.53. The molecule has 2 N–H and O–H groups in total. The van der Waals surface area contributed by atoms with Crippen LogP contribution in [0.25, 0.3) is 0 Å². The smallest absolute Gasteiger partial charge is 0.239 e. The van der Waals surface area contributed by atoms with E-state index in [-0.39, 0.29) is 18.3 Å². The van der Waals surface area contributed by atoms with Gasteiger partial charge in [0, 0.05) is 20.1 Å². The molecule has 112 valence electrons. The van der Waals surface area contributed by atoms with Crippen molar-refractivity contribution in [1.29, 1.82) is 0 Å². The minimum absolute atomic E-state index is 0.0973. The molecule has 0 bridgehead atoms. The van der Waals surface area contributed by atoms with Crippen molar-refractivity contribution in [2.24, 2.45) is 5.92 Å². The molecule has 5 heteroatoms. The number of rotatable bonds is 7. The van der Waals surface area contributed by atoms with E-state index in [2.05, 4.69) is 10.6 Å². The molecule has 0 radical (unpaired) electrons. The standard InChI is InChI=1S/C15H24FN3O/c1-11(2)8-18-15(20)10-19(4)14-6-5-12(9-17-3)7-13(14)16/h5-7,11,17H,8-10H2,1-4H3,(H,18,20). The molecule has 1 rings (SSSR count). The molecule has 0 aliphatic carbocycles. The van der Waals surface area contributed by atoms with Gasteiger partial charge in [-0.1, -0.05) is 19.9 Å². The second kappa shape index (κ2) is 7.85. The lowest BCUT2D eigenvalue weighted by atomic mass is 10.2. The first-order valence-electron chi connectivity index (χ1n) is 6.85. The van der Waals surface area contributed by atoms with E-state index in [0.717, 1.165) is 5.56 Å². The first-order chi connectivity index (χ1) is 9.43. The minimum atomic E-state index is -0.308. The number of benzene rings is 1. The number of halogens is 1. The zero-order valence-corrected chi connectivity index (χ0v) is 12.7. The maximum atomic E-state index is 14.0. The number of hydrogen-bond acceptors (Lipinski definition) is 3. The van der Waals surface area contributed by atoms with Crippen LogP contribution in [0.2, 0.25) is 0 Å². The van der Waals surface area contributed by atoms with Crippen LogP contribution in [-0.4, -0.2) is 33.1 Å². The highest BCUT2D eigenvalue weighted by Crippen LogP contribution is 2.19. The summed E-state index contributed by atoms with van der Waals surface area (Å²) in [4.78, 5) is 13.3. The summed E-state index contributed by atoms with van der Waals surface area (Å²) in [6.07, 6.45) is 0. The highest BCUT2D eigenvalue weighted by atomic mass is 19.1. The van der Waals surface area contributed by atoms with E-state index in [1.807, 2.05) is 27.0 Å². The molecule has 20 heavy (non-hydrogen) atoms. The number of anilines is 1. The number of carbonyl (C=O) groups is 1. The van der Waals surface area contributed by atoms with Crippen molar-refractivity contribution in [2.75, 3.05) is 32.1 Å². The first kappa shape index (κ1) is 16.4. The third kappa shape index (κ3) is 5.17. The Kier molecular flexibility index (Phi) is 6.45. The average Bonchev–Trinajstić information content (AvgIpc) is 2.36. The molecule has 1 amide bonds. The van der Waals surface area contributed by atoms with Crippen molar-refractivity contribution in [2.45, 2.75) is 20.4 Å². The van der Waals surface area contributed by atoms with E-state index in [0.29, 0.717) is 24.7 Å². The van der Waals surface area contributed by atoms with Gasteiger partial charge in [-0.2, -0.15) is 0 Å². The van der Waals surface area contributed by atoms with Crippen molar-refractivity contribution >= 4 is 11.6 Å². The Morgan fingerprint density at radius 3 is 2.65 bits per heavy atom. The highest BCUT2D eigenvalue weighted by Gasteiger charge is 2.12. The molecular formula is C15H24FN3O. The number of amides is 1. The van der Waals surface area contributed by atoms with Gasteiger partial charge in [-0.05, 0) is 30.7 Å². The second-order valence-corrected chi connectivity index (χ2v) is 5.37. The molecule has 0 unspecified atom stereocenters. The van der Waals surface area contributed by atoms with Crippen molar-refractivity contribution < 1.29 is 9.18 Å². The molecular weight excluding hydrogens is 257 g/mol. The zero-order chi connectivity index (χ0) is 15.1. The van der Waals surface area contributed by atoms with Gasteiger partial charge >= 0.3 is 0 Å². The molecule has 0 atom stereocenters. The third-order valence-electron chi connectivity index (χ3n) is 2.89. The molecule has 0 fully saturated rings. The van der Waals surface area contributed by atoms with Crippen LogP contribution < -0.4 is 15.5 Å². The Hall–Kier alpha value is -1.62. The highest BCUT2D eigenvalue weighted by molar-refractivity contribution is 5.81. The van der Waals surface area contributed by atoms with Crippen LogP contribution in [-0.2, 0) is 11.3 Å². The Morgan fingerprint density at radius 2 is 2.10 bits per heavy atom. The predicted octanol–water partition coefficient (Wildman–Crippen LogP) is 1.75. The van der Waals surface area contributed by atoms with Gasteiger partial charge in [0.15, 0.2) is 0 Å². The second-order valence-electron chi connectivity index (χ2n) is 5.37. The van der Waals surface area contributed by atoms with Crippen LogP contribution in [0.3, 0.4) is 0 Å². The fourth-order valence-corrected chi connectivity index (χ4v) is 1.85. The summed E-state index contributed by atoms with van der Waals surface area (Å²) < 4.78 is 14.0. The largest absolute Gasteiger partial charge is 0.363 e. The Morgan fingerprint density at radius 1 is 1.40 bits per heavy atom. The molecule has 0 heterocycles. The van der Waals surface area contributed by atoms with Gasteiger partial charge in [0.1, 0.15) is 5.82 Å². The first-order valence-corrected chi connectivity index (χ1v) is 6.85. The summed E-state index contributed by atoms with van der Waals surface area (Å²) in [5.74, 6) is -0.00127. The summed E-state index contributed by atoms with van der Waals surface area (Å²) in [6.45, 7) is 5.47. The lowest BCUT2D eigenvalue weighted by molar-refractivity contribution is -0.119. The molecule has 0 saturated carbocycles. The number of likely N-dealkylation sites (N-methyl/N-ethyl adjacent to an activating group) is 1. The molecule has 0 spiro atoms. The van der Waals surface area contributed by atoms with Crippen molar-refractivity contribution in [3.05, 3.63) is 29.6 Å². The van der Waals surface area contributed by atoms with Gasteiger partial charge in [-0.3, -0.25) is 4.79 Å². The van der Waals surface area contributed by atoms with E-state index < -0.39 is 0 Å². The third-order valence-corrected chi connectivity index (χ3v) is 2.89. The number of carbonyl (C=O) groups excluding carboxylic acids is 1. The van der Waals surface area contributed by atoms with E-state index >= 15 is 0 Å². The summed E-state index contributed by atoms with van der Waals surface area (Å²) in [5, 5.41) is 5.80. The van der Waals surface area contributed by atoms with Gasteiger partial charge in [-0.15, -0.1) is 0 Å². The molecule has 1 aromatic rings. The Bertz CT molecular complexity index is 449. The lowest BCUT2D eigenvalue weighted by Crippen LogP contribution is -2.37. The monoisotopic (exact) mass is 281 g/mol. The molecule has 0 saturated heterocycles. The van der Waals surface area contributed by atoms with E-state index in [1.165, 1.54) is 6.07 Å². The topological polar surface area (TPSA) is 44.4 Å². The maximum absolute atomic E-state index is 14.0. The molecule has 4 nitrogen and oxygen atoms in total. The van der Waals surface area contributed by atoms with Crippen LogP contribution in [0, 0.1) is 11.7 Å². The van der Waals surface area contributed by atoms with Crippen LogP contribution in [0.5, 0.6) is 0 Å². The van der Waals surface area contributed by atoms with Crippen LogP contribution in [0.4, 0.5) is 10.1 Å². The van der Waals surface area contributed by atoms with Gasteiger partial charge in [0.25, 0.3) is 0 Å². The SMILES string of the molecule is CNCc1ccc(N(C)CC(=O)NCC(C)C)c(F)c1. The average molecular weight is 281 g/mol. The van der Waals surface area contributed by atoms with Crippen LogP contribution >= 0.6 is 0 Å². The Labute approximate surface area is 120 Å². The number of hydrogen-bond donors (Lipinski definition) is 2. The van der Waals surface area contributed by atoms with Crippen molar-refractivity contribution in [1.82, 2.24) is 10.6 Å². The summed E-state index contributed by atoms with van der Waals surface area (Å²) in [6, 6.07) is 5.06.